The van der Waals surface area contributed by atoms with E-state index >= 15 is 0 Å². The number of nitrogens with zero attached hydrogens (tertiary/aromatic N) is 2. The standard InChI is InChI=1S/C23H20ClFN4O5S/c24-19-7-6-18(35-19)22(32)26-13-9-17(23(33)34)28(11-13)12-20(30)27-16-5-4-14(10-15(16)25)29-8-2-1-3-21(29)31/h1-8,10,13,17H,9,11-12H2,(H,26,32)(H,27,30)(H,33,34). The van der Waals surface area contributed by atoms with Crippen LogP contribution in [0.3, 0.4) is 0 Å². The quantitative estimate of drug-likeness (QED) is 0.442. The summed E-state index contributed by atoms with van der Waals surface area (Å²) in [7, 11) is 0. The minimum Gasteiger partial charge on any atom is -0.480 e. The average molecular weight is 519 g/mol. The molecule has 1 aromatic carbocycles. The van der Waals surface area contributed by atoms with Gasteiger partial charge in [-0.3, -0.25) is 28.6 Å². The van der Waals surface area contributed by atoms with Crippen molar-refractivity contribution in [2.75, 3.05) is 18.4 Å². The Morgan fingerprint density at radius 2 is 1.97 bits per heavy atom. The van der Waals surface area contributed by atoms with Crippen LogP contribution in [0.4, 0.5) is 10.1 Å². The first-order valence-corrected chi connectivity index (χ1v) is 11.7. The molecule has 2 amide bonds. The molecule has 0 spiro atoms. The minimum absolute atomic E-state index is 0.103. The van der Waals surface area contributed by atoms with Crippen molar-refractivity contribution >= 4 is 46.4 Å². The van der Waals surface area contributed by atoms with E-state index in [4.69, 9.17) is 11.6 Å². The van der Waals surface area contributed by atoms with Gasteiger partial charge in [0.25, 0.3) is 11.5 Å². The highest BCUT2D eigenvalue weighted by Crippen LogP contribution is 2.23. The van der Waals surface area contributed by atoms with Gasteiger partial charge in [0.2, 0.25) is 5.91 Å². The fourth-order valence-electron chi connectivity index (χ4n) is 3.90. The molecule has 2 aromatic heterocycles. The molecule has 0 aliphatic carbocycles. The van der Waals surface area contributed by atoms with Crippen LogP contribution in [-0.2, 0) is 9.59 Å². The van der Waals surface area contributed by atoms with Gasteiger partial charge in [-0.1, -0.05) is 17.7 Å². The molecule has 182 valence electrons. The lowest BCUT2D eigenvalue weighted by molar-refractivity contribution is -0.142. The largest absolute Gasteiger partial charge is 0.480 e. The minimum atomic E-state index is -1.13. The monoisotopic (exact) mass is 518 g/mol. The SMILES string of the molecule is O=C(CN1CC(NC(=O)c2ccc(Cl)s2)CC1C(=O)O)Nc1ccc(-n2ccccc2=O)cc1F. The first-order chi connectivity index (χ1) is 16.7. The van der Waals surface area contributed by atoms with Gasteiger partial charge < -0.3 is 15.7 Å². The predicted octanol–water partition coefficient (Wildman–Crippen LogP) is 2.59. The highest BCUT2D eigenvalue weighted by molar-refractivity contribution is 7.18. The number of aromatic nitrogens is 1. The van der Waals surface area contributed by atoms with Crippen molar-refractivity contribution in [3.8, 4) is 5.69 Å². The van der Waals surface area contributed by atoms with E-state index in [9.17, 15) is 28.7 Å². The number of carbonyl (C=O) groups excluding carboxylic acids is 2. The summed E-state index contributed by atoms with van der Waals surface area (Å²) in [4.78, 5) is 50.4. The van der Waals surface area contributed by atoms with Crippen molar-refractivity contribution in [1.82, 2.24) is 14.8 Å². The van der Waals surface area contributed by atoms with Gasteiger partial charge in [0.15, 0.2) is 0 Å². The molecule has 2 unspecified atom stereocenters. The number of carboxylic acid groups (broad SMARTS) is 1. The fraction of sp³-hybridized carbons (Fsp3) is 0.217. The third kappa shape index (κ3) is 5.76. The van der Waals surface area contributed by atoms with Crippen molar-refractivity contribution in [2.24, 2.45) is 0 Å². The summed E-state index contributed by atoms with van der Waals surface area (Å²) < 4.78 is 16.3. The number of rotatable bonds is 7. The summed E-state index contributed by atoms with van der Waals surface area (Å²) in [6.07, 6.45) is 1.61. The number of benzene rings is 1. The van der Waals surface area contributed by atoms with Crippen LogP contribution in [0.1, 0.15) is 16.1 Å². The van der Waals surface area contributed by atoms with E-state index in [-0.39, 0.29) is 36.7 Å². The van der Waals surface area contributed by atoms with Crippen molar-refractivity contribution < 1.29 is 23.9 Å². The molecule has 3 N–H and O–H groups in total. The molecule has 4 rings (SSSR count). The van der Waals surface area contributed by atoms with E-state index in [1.807, 2.05) is 0 Å². The molecule has 1 aliphatic rings. The number of nitrogens with one attached hydrogen (secondary N) is 2. The van der Waals surface area contributed by atoms with Crippen molar-refractivity contribution in [2.45, 2.75) is 18.5 Å². The van der Waals surface area contributed by atoms with Gasteiger partial charge in [0, 0.05) is 30.9 Å². The Hall–Kier alpha value is -3.54. The van der Waals surface area contributed by atoms with Crippen molar-refractivity contribution in [1.29, 1.82) is 0 Å². The van der Waals surface area contributed by atoms with Crippen LogP contribution in [0.2, 0.25) is 4.34 Å². The molecular formula is C23H20ClFN4O5S. The molecular weight excluding hydrogens is 499 g/mol. The number of hydrogen-bond donors (Lipinski definition) is 3. The van der Waals surface area contributed by atoms with Crippen LogP contribution in [-0.4, -0.2) is 57.5 Å². The molecule has 2 atom stereocenters. The van der Waals surface area contributed by atoms with E-state index in [1.165, 1.54) is 33.9 Å². The molecule has 3 aromatic rings. The van der Waals surface area contributed by atoms with Gasteiger partial charge in [-0.15, -0.1) is 11.3 Å². The van der Waals surface area contributed by atoms with Crippen LogP contribution in [0, 0.1) is 5.82 Å². The Kier molecular flexibility index (Phi) is 7.29. The third-order valence-electron chi connectivity index (χ3n) is 5.49. The molecule has 1 aliphatic heterocycles. The van der Waals surface area contributed by atoms with Gasteiger partial charge in [-0.2, -0.15) is 0 Å². The summed E-state index contributed by atoms with van der Waals surface area (Å²) in [6.45, 7) is -0.179. The summed E-state index contributed by atoms with van der Waals surface area (Å²) in [5.74, 6) is -2.86. The molecule has 1 saturated heterocycles. The molecule has 35 heavy (non-hydrogen) atoms. The number of pyridine rings is 1. The average Bonchev–Trinajstić information content (AvgIpc) is 3.41. The third-order valence-corrected chi connectivity index (χ3v) is 6.72. The van der Waals surface area contributed by atoms with Crippen molar-refractivity contribution in [3.63, 3.8) is 0 Å². The Bertz CT molecular complexity index is 1340. The van der Waals surface area contributed by atoms with Crippen LogP contribution < -0.4 is 16.2 Å². The molecule has 9 nitrogen and oxygen atoms in total. The number of thiophene rings is 1. The topological polar surface area (TPSA) is 121 Å². The first-order valence-electron chi connectivity index (χ1n) is 10.5. The van der Waals surface area contributed by atoms with E-state index in [1.54, 1.807) is 24.3 Å². The van der Waals surface area contributed by atoms with Crippen molar-refractivity contribution in [3.05, 3.63) is 80.1 Å². The summed E-state index contributed by atoms with van der Waals surface area (Å²) in [6, 6.07) is 10.2. The smallest absolute Gasteiger partial charge is 0.321 e. The van der Waals surface area contributed by atoms with Gasteiger partial charge >= 0.3 is 5.97 Å². The van der Waals surface area contributed by atoms with Crippen LogP contribution in [0.25, 0.3) is 5.69 Å². The maximum absolute atomic E-state index is 14.6. The zero-order valence-electron chi connectivity index (χ0n) is 18.1. The predicted molar refractivity (Wildman–Crippen MR) is 129 cm³/mol. The lowest BCUT2D eigenvalue weighted by Gasteiger charge is -2.20. The number of carbonyl (C=O) groups is 3. The van der Waals surface area contributed by atoms with E-state index in [0.29, 0.717) is 14.9 Å². The van der Waals surface area contributed by atoms with Gasteiger partial charge in [0.1, 0.15) is 11.9 Å². The molecule has 0 bridgehead atoms. The number of amides is 2. The van der Waals surface area contributed by atoms with Gasteiger partial charge in [0.05, 0.1) is 27.1 Å². The van der Waals surface area contributed by atoms with E-state index in [2.05, 4.69) is 10.6 Å². The van der Waals surface area contributed by atoms with Gasteiger partial charge in [-0.25, -0.2) is 4.39 Å². The van der Waals surface area contributed by atoms with E-state index in [0.717, 1.165) is 17.4 Å². The lowest BCUT2D eigenvalue weighted by atomic mass is 10.1. The lowest BCUT2D eigenvalue weighted by Crippen LogP contribution is -2.42. The Morgan fingerprint density at radius 3 is 2.63 bits per heavy atom. The highest BCUT2D eigenvalue weighted by Gasteiger charge is 2.38. The van der Waals surface area contributed by atoms with Crippen LogP contribution in [0.5, 0.6) is 0 Å². The molecule has 12 heteroatoms. The second-order valence-electron chi connectivity index (χ2n) is 7.91. The second-order valence-corrected chi connectivity index (χ2v) is 9.63. The Labute approximate surface area is 207 Å². The van der Waals surface area contributed by atoms with Crippen LogP contribution in [0.15, 0.2) is 59.5 Å². The highest BCUT2D eigenvalue weighted by atomic mass is 35.5. The summed E-state index contributed by atoms with van der Waals surface area (Å²) >= 11 is 6.96. The number of likely N-dealkylation sites (tertiary alicyclic amines) is 1. The summed E-state index contributed by atoms with van der Waals surface area (Å²) in [5, 5.41) is 14.8. The maximum atomic E-state index is 14.6. The molecule has 1 fully saturated rings. The second kappa shape index (κ2) is 10.4. The molecule has 3 heterocycles. The number of aliphatic carboxylic acids is 1. The zero-order chi connectivity index (χ0) is 25.1. The number of halogens is 2. The van der Waals surface area contributed by atoms with Crippen LogP contribution >= 0.6 is 22.9 Å². The zero-order valence-corrected chi connectivity index (χ0v) is 19.7. The molecule has 0 saturated carbocycles. The van der Waals surface area contributed by atoms with E-state index < -0.39 is 29.8 Å². The number of carboxylic acids is 1. The Balaban J connectivity index is 1.40. The van der Waals surface area contributed by atoms with Gasteiger partial charge in [-0.05, 0) is 36.8 Å². The maximum Gasteiger partial charge on any atom is 0.321 e. The fourth-order valence-corrected chi connectivity index (χ4v) is 4.85. The summed E-state index contributed by atoms with van der Waals surface area (Å²) in [5.41, 5.74) is -0.142. The molecule has 0 radical (unpaired) electrons. The normalized spacial score (nSPS) is 17.8. The Morgan fingerprint density at radius 1 is 1.17 bits per heavy atom. The number of anilines is 1. The number of hydrogen-bond acceptors (Lipinski definition) is 6. The first kappa shape index (κ1) is 24.6.